The smallest absolute Gasteiger partial charge is 0.251 e. The maximum absolute atomic E-state index is 12.6. The van der Waals surface area contributed by atoms with E-state index in [2.05, 4.69) is 20.8 Å². The molecule has 0 aliphatic rings. The minimum absolute atomic E-state index is 0.121. The predicted molar refractivity (Wildman–Crippen MR) is 120 cm³/mol. The average Bonchev–Trinajstić information content (AvgIpc) is 3.21. The molecule has 0 saturated carbocycles. The lowest BCUT2D eigenvalue weighted by Crippen LogP contribution is -2.28. The Labute approximate surface area is 185 Å². The van der Waals surface area contributed by atoms with E-state index in [0.717, 1.165) is 5.69 Å². The van der Waals surface area contributed by atoms with Gasteiger partial charge < -0.3 is 19.9 Å². The van der Waals surface area contributed by atoms with Gasteiger partial charge in [-0.05, 0) is 50.2 Å². The molecular formula is C22H25N5O3S. The number of ether oxygens (including phenoxy) is 1. The summed E-state index contributed by atoms with van der Waals surface area (Å²) in [6.45, 7) is 4.45. The summed E-state index contributed by atoms with van der Waals surface area (Å²) in [5.74, 6) is 1.20. The molecule has 162 valence electrons. The Balaban J connectivity index is 1.61. The largest absolute Gasteiger partial charge is 0.497 e. The molecule has 1 atom stereocenters. The van der Waals surface area contributed by atoms with Gasteiger partial charge in [-0.15, -0.1) is 10.2 Å². The van der Waals surface area contributed by atoms with Crippen LogP contribution < -0.4 is 15.4 Å². The first-order valence-electron chi connectivity index (χ1n) is 9.87. The fraction of sp³-hybridized carbons (Fsp3) is 0.273. The van der Waals surface area contributed by atoms with Crippen LogP contribution in [0.1, 0.15) is 36.1 Å². The number of nitrogens with zero attached hydrogens (tertiary/aromatic N) is 3. The molecule has 3 aromatic rings. The number of anilines is 1. The zero-order chi connectivity index (χ0) is 22.2. The van der Waals surface area contributed by atoms with Crippen molar-refractivity contribution in [2.24, 2.45) is 0 Å². The number of carbonyl (C=O) groups is 2. The first-order chi connectivity index (χ1) is 15.0. The molecule has 2 amide bonds. The molecule has 0 aliphatic heterocycles. The molecule has 0 bridgehead atoms. The highest BCUT2D eigenvalue weighted by Crippen LogP contribution is 2.21. The Hall–Kier alpha value is -3.33. The van der Waals surface area contributed by atoms with Gasteiger partial charge in [0.15, 0.2) is 11.0 Å². The molecule has 31 heavy (non-hydrogen) atoms. The molecule has 9 heteroatoms. The number of methoxy groups -OCH3 is 1. The second-order valence-corrected chi connectivity index (χ2v) is 7.65. The van der Waals surface area contributed by atoms with Gasteiger partial charge in [0, 0.05) is 17.8 Å². The van der Waals surface area contributed by atoms with Gasteiger partial charge in [-0.3, -0.25) is 9.59 Å². The summed E-state index contributed by atoms with van der Waals surface area (Å²) in [7, 11) is 1.58. The highest BCUT2D eigenvalue weighted by Gasteiger charge is 2.20. The van der Waals surface area contributed by atoms with Crippen molar-refractivity contribution in [1.82, 2.24) is 20.1 Å². The summed E-state index contributed by atoms with van der Waals surface area (Å²) >= 11 is 1.31. The minimum Gasteiger partial charge on any atom is -0.497 e. The standard InChI is InChI=1S/C22H25N5O3S/c1-4-27-20(15(2)23-21(29)16-10-12-18(30-3)13-11-16)25-26-22(27)31-14-19(28)24-17-8-6-5-7-9-17/h5-13,15H,4,14H2,1-3H3,(H,23,29)(H,24,28)/t15-/m1/s1. The fourth-order valence-corrected chi connectivity index (χ4v) is 3.77. The van der Waals surface area contributed by atoms with Crippen LogP contribution >= 0.6 is 11.8 Å². The second-order valence-electron chi connectivity index (χ2n) is 6.71. The first-order valence-corrected chi connectivity index (χ1v) is 10.9. The molecule has 0 unspecified atom stereocenters. The zero-order valence-corrected chi connectivity index (χ0v) is 18.5. The van der Waals surface area contributed by atoms with Crippen LogP contribution in [0.25, 0.3) is 0 Å². The van der Waals surface area contributed by atoms with E-state index >= 15 is 0 Å². The van der Waals surface area contributed by atoms with Crippen molar-refractivity contribution < 1.29 is 14.3 Å². The van der Waals surface area contributed by atoms with Crippen molar-refractivity contribution in [2.45, 2.75) is 31.6 Å². The number of nitrogens with one attached hydrogen (secondary N) is 2. The number of carbonyl (C=O) groups excluding carboxylic acids is 2. The minimum atomic E-state index is -0.352. The van der Waals surface area contributed by atoms with Gasteiger partial charge in [0.2, 0.25) is 5.91 Å². The number of hydrogen-bond donors (Lipinski definition) is 2. The van der Waals surface area contributed by atoms with Gasteiger partial charge in [0.25, 0.3) is 5.91 Å². The molecule has 0 saturated heterocycles. The van der Waals surface area contributed by atoms with Crippen molar-refractivity contribution >= 4 is 29.3 Å². The van der Waals surface area contributed by atoms with Gasteiger partial charge >= 0.3 is 0 Å². The monoisotopic (exact) mass is 439 g/mol. The molecule has 0 aliphatic carbocycles. The molecule has 0 fully saturated rings. The fourth-order valence-electron chi connectivity index (χ4n) is 2.96. The molecule has 2 aromatic carbocycles. The lowest BCUT2D eigenvalue weighted by atomic mass is 10.2. The van der Waals surface area contributed by atoms with Crippen molar-refractivity contribution in [3.05, 3.63) is 66.0 Å². The van der Waals surface area contributed by atoms with Crippen LogP contribution in [-0.2, 0) is 11.3 Å². The maximum atomic E-state index is 12.6. The molecule has 0 radical (unpaired) electrons. The van der Waals surface area contributed by atoms with Gasteiger partial charge in [-0.1, -0.05) is 30.0 Å². The highest BCUT2D eigenvalue weighted by molar-refractivity contribution is 7.99. The Morgan fingerprint density at radius 3 is 2.45 bits per heavy atom. The third kappa shape index (κ3) is 5.85. The Morgan fingerprint density at radius 1 is 1.10 bits per heavy atom. The third-order valence-electron chi connectivity index (χ3n) is 4.54. The number of thioether (sulfide) groups is 1. The Morgan fingerprint density at radius 2 is 1.81 bits per heavy atom. The molecular weight excluding hydrogens is 414 g/mol. The number of aromatic nitrogens is 3. The van der Waals surface area contributed by atoms with Crippen LogP contribution in [-0.4, -0.2) is 39.4 Å². The van der Waals surface area contributed by atoms with E-state index in [-0.39, 0.29) is 23.6 Å². The number of benzene rings is 2. The van der Waals surface area contributed by atoms with E-state index in [1.807, 2.05) is 48.7 Å². The van der Waals surface area contributed by atoms with E-state index in [4.69, 9.17) is 4.74 Å². The van der Waals surface area contributed by atoms with Crippen LogP contribution in [0.15, 0.2) is 59.8 Å². The van der Waals surface area contributed by atoms with Crippen molar-refractivity contribution in [3.8, 4) is 5.75 Å². The van der Waals surface area contributed by atoms with Crippen LogP contribution in [0.2, 0.25) is 0 Å². The van der Waals surface area contributed by atoms with E-state index < -0.39 is 0 Å². The van der Waals surface area contributed by atoms with Gasteiger partial charge in [-0.2, -0.15) is 0 Å². The normalized spacial score (nSPS) is 11.6. The van der Waals surface area contributed by atoms with Crippen LogP contribution in [0.4, 0.5) is 5.69 Å². The quantitative estimate of drug-likeness (QED) is 0.495. The van der Waals surface area contributed by atoms with Crippen molar-refractivity contribution in [2.75, 3.05) is 18.2 Å². The van der Waals surface area contributed by atoms with Crippen LogP contribution in [0.5, 0.6) is 5.75 Å². The number of amides is 2. The van der Waals surface area contributed by atoms with E-state index in [1.54, 1.807) is 31.4 Å². The van der Waals surface area contributed by atoms with Crippen molar-refractivity contribution in [1.29, 1.82) is 0 Å². The summed E-state index contributed by atoms with van der Waals surface area (Å²) in [5.41, 5.74) is 1.28. The molecule has 3 rings (SSSR count). The molecule has 8 nitrogen and oxygen atoms in total. The molecule has 2 N–H and O–H groups in total. The Kier molecular flexibility index (Phi) is 7.66. The first kappa shape index (κ1) is 22.4. The summed E-state index contributed by atoms with van der Waals surface area (Å²) < 4.78 is 7.02. The SMILES string of the molecule is CCn1c(SCC(=O)Nc2ccccc2)nnc1[C@@H](C)NC(=O)c1ccc(OC)cc1. The van der Waals surface area contributed by atoms with Crippen LogP contribution in [0, 0.1) is 0 Å². The van der Waals surface area contributed by atoms with Crippen LogP contribution in [0.3, 0.4) is 0 Å². The molecule has 1 aromatic heterocycles. The Bertz CT molecular complexity index is 1020. The molecule has 0 spiro atoms. The van der Waals surface area contributed by atoms with Gasteiger partial charge in [-0.25, -0.2) is 0 Å². The zero-order valence-electron chi connectivity index (χ0n) is 17.7. The summed E-state index contributed by atoms with van der Waals surface area (Å²) in [4.78, 5) is 24.8. The van der Waals surface area contributed by atoms with Gasteiger partial charge in [0.1, 0.15) is 5.75 Å². The van der Waals surface area contributed by atoms with Gasteiger partial charge in [0.05, 0.1) is 18.9 Å². The van der Waals surface area contributed by atoms with E-state index in [9.17, 15) is 9.59 Å². The third-order valence-corrected chi connectivity index (χ3v) is 5.51. The topological polar surface area (TPSA) is 98.1 Å². The molecule has 1 heterocycles. The highest BCUT2D eigenvalue weighted by atomic mass is 32.2. The summed E-state index contributed by atoms with van der Waals surface area (Å²) in [6.07, 6.45) is 0. The number of para-hydroxylation sites is 1. The second kappa shape index (κ2) is 10.6. The summed E-state index contributed by atoms with van der Waals surface area (Å²) in [5, 5.41) is 14.9. The summed E-state index contributed by atoms with van der Waals surface area (Å²) in [6, 6.07) is 15.8. The maximum Gasteiger partial charge on any atom is 0.251 e. The average molecular weight is 440 g/mol. The lowest BCUT2D eigenvalue weighted by molar-refractivity contribution is -0.113. The van der Waals surface area contributed by atoms with Crippen molar-refractivity contribution in [3.63, 3.8) is 0 Å². The number of rotatable bonds is 9. The predicted octanol–water partition coefficient (Wildman–Crippen LogP) is 3.53. The van der Waals surface area contributed by atoms with E-state index in [0.29, 0.717) is 28.8 Å². The van der Waals surface area contributed by atoms with E-state index in [1.165, 1.54) is 11.8 Å². The number of hydrogen-bond acceptors (Lipinski definition) is 6. The lowest BCUT2D eigenvalue weighted by Gasteiger charge is -2.15.